The van der Waals surface area contributed by atoms with Crippen molar-refractivity contribution >= 4 is 0 Å². The van der Waals surface area contributed by atoms with Gasteiger partial charge in [-0.15, -0.1) is 0 Å². The van der Waals surface area contributed by atoms with Gasteiger partial charge in [-0.25, -0.2) is 0 Å². The van der Waals surface area contributed by atoms with Crippen LogP contribution >= 0.6 is 0 Å². The number of nitrogens with zero attached hydrogens (tertiary/aromatic N) is 6. The van der Waals surface area contributed by atoms with Gasteiger partial charge in [-0.1, -0.05) is 0 Å². The molecule has 0 N–H and O–H groups in total. The molecule has 0 amide bonds. The van der Waals surface area contributed by atoms with Gasteiger partial charge >= 0.3 is 11.1 Å². The molecule has 0 radical (unpaired) electrons. The second-order valence-electron chi connectivity index (χ2n) is 6.23. The summed E-state index contributed by atoms with van der Waals surface area (Å²) in [4.78, 5) is 30.3. The Morgan fingerprint density at radius 3 is 2.46 bits per heavy atom. The molecule has 8 heteroatoms. The van der Waals surface area contributed by atoms with E-state index in [1.165, 1.54) is 9.36 Å². The molecule has 3 aromatic heterocycles. The molecule has 0 aliphatic heterocycles. The fourth-order valence-electron chi connectivity index (χ4n) is 2.63. The highest BCUT2D eigenvalue weighted by atomic mass is 16.2. The Kier molecular flexibility index (Phi) is 3.19. The van der Waals surface area contributed by atoms with Crippen molar-refractivity contribution in [3.63, 3.8) is 0 Å². The summed E-state index contributed by atoms with van der Waals surface area (Å²) >= 11 is 0. The lowest BCUT2D eigenvalue weighted by atomic mass is 10.3. The predicted octanol–water partition coefficient (Wildman–Crippen LogP) is 0.543. The van der Waals surface area contributed by atoms with Gasteiger partial charge in [0.25, 0.3) is 0 Å². The van der Waals surface area contributed by atoms with Crippen molar-refractivity contribution in [3.8, 4) is 5.69 Å². The maximum absolute atomic E-state index is 12.3. The molecule has 0 saturated heterocycles. The van der Waals surface area contributed by atoms with E-state index in [9.17, 15) is 9.59 Å². The number of pyridine rings is 1. The molecule has 122 valence electrons. The van der Waals surface area contributed by atoms with Gasteiger partial charge in [-0.05, 0) is 31.9 Å². The minimum atomic E-state index is -0.523. The van der Waals surface area contributed by atoms with Crippen molar-refractivity contribution in [1.29, 1.82) is 0 Å². The van der Waals surface area contributed by atoms with Crippen molar-refractivity contribution in [2.45, 2.75) is 31.8 Å². The summed E-state index contributed by atoms with van der Waals surface area (Å²) in [5, 5.41) is 8.06. The van der Waals surface area contributed by atoms with Gasteiger partial charge in [0.05, 0.1) is 30.8 Å². The maximum Gasteiger partial charge on any atom is 0.316 e. The molecule has 1 saturated carbocycles. The van der Waals surface area contributed by atoms with Crippen molar-refractivity contribution in [1.82, 2.24) is 29.1 Å². The molecule has 0 atom stereocenters. The van der Waals surface area contributed by atoms with Crippen LogP contribution in [0.15, 0.2) is 52.7 Å². The molecule has 1 aliphatic carbocycles. The number of aromatic nitrogens is 6. The fraction of sp³-hybridized carbons (Fsp3) is 0.312. The van der Waals surface area contributed by atoms with E-state index in [2.05, 4.69) is 15.2 Å². The summed E-state index contributed by atoms with van der Waals surface area (Å²) in [5.41, 5.74) is 0.225. The van der Waals surface area contributed by atoms with Crippen LogP contribution in [0.3, 0.4) is 0 Å². The fourth-order valence-corrected chi connectivity index (χ4v) is 2.63. The predicted molar refractivity (Wildman–Crippen MR) is 86.1 cm³/mol. The Balaban J connectivity index is 1.61. The third kappa shape index (κ3) is 2.45. The van der Waals surface area contributed by atoms with E-state index in [1.807, 2.05) is 13.0 Å². The van der Waals surface area contributed by atoms with E-state index < -0.39 is 11.1 Å². The molecule has 0 bridgehead atoms. The summed E-state index contributed by atoms with van der Waals surface area (Å²) in [6.45, 7) is 2.24. The van der Waals surface area contributed by atoms with E-state index in [4.69, 9.17) is 0 Å². The SMILES string of the molecule is CC1(n2ccn(Cc3ccc(-n4nccn4)cn3)c(=O)c2=O)CC1. The summed E-state index contributed by atoms with van der Waals surface area (Å²) < 4.78 is 2.94. The van der Waals surface area contributed by atoms with Crippen molar-refractivity contribution < 1.29 is 0 Å². The van der Waals surface area contributed by atoms with Gasteiger partial charge in [-0.3, -0.25) is 14.6 Å². The quantitative estimate of drug-likeness (QED) is 0.654. The Morgan fingerprint density at radius 1 is 1.08 bits per heavy atom. The molecule has 3 heterocycles. The molecule has 1 fully saturated rings. The largest absolute Gasteiger partial charge is 0.316 e. The third-order valence-corrected chi connectivity index (χ3v) is 4.40. The molecule has 0 aromatic carbocycles. The van der Waals surface area contributed by atoms with Crippen molar-refractivity contribution in [3.05, 3.63) is 69.5 Å². The molecular formula is C16H16N6O2. The van der Waals surface area contributed by atoms with E-state index in [0.717, 1.165) is 18.5 Å². The first kappa shape index (κ1) is 14.6. The van der Waals surface area contributed by atoms with Gasteiger partial charge in [0.15, 0.2) is 0 Å². The minimum absolute atomic E-state index is 0.188. The van der Waals surface area contributed by atoms with Gasteiger partial charge in [-0.2, -0.15) is 15.0 Å². The lowest BCUT2D eigenvalue weighted by Crippen LogP contribution is -2.43. The zero-order chi connectivity index (χ0) is 16.7. The number of hydrogen-bond acceptors (Lipinski definition) is 5. The Hall–Kier alpha value is -3.03. The highest BCUT2D eigenvalue weighted by Crippen LogP contribution is 2.41. The zero-order valence-electron chi connectivity index (χ0n) is 13.2. The van der Waals surface area contributed by atoms with Gasteiger partial charge < -0.3 is 9.13 Å². The smallest absolute Gasteiger partial charge is 0.304 e. The molecule has 8 nitrogen and oxygen atoms in total. The van der Waals surface area contributed by atoms with Crippen LogP contribution < -0.4 is 11.1 Å². The van der Waals surface area contributed by atoms with Crippen molar-refractivity contribution in [2.24, 2.45) is 0 Å². The third-order valence-electron chi connectivity index (χ3n) is 4.40. The second kappa shape index (κ2) is 5.26. The highest BCUT2D eigenvalue weighted by Gasteiger charge is 2.40. The van der Waals surface area contributed by atoms with E-state index in [1.54, 1.807) is 41.6 Å². The molecule has 0 spiro atoms. The van der Waals surface area contributed by atoms with Crippen molar-refractivity contribution in [2.75, 3.05) is 0 Å². The molecule has 0 unspecified atom stereocenters. The summed E-state index contributed by atoms with van der Waals surface area (Å²) in [7, 11) is 0. The standard InChI is InChI=1S/C16H16N6O2/c1-16(4-5-16)21-9-8-20(14(23)15(21)24)11-12-2-3-13(10-17-12)22-18-6-7-19-22/h2-3,6-10H,4-5,11H2,1H3. The van der Waals surface area contributed by atoms with Crippen LogP contribution in [0.4, 0.5) is 0 Å². The van der Waals surface area contributed by atoms with Crippen LogP contribution in [-0.2, 0) is 12.1 Å². The van der Waals surface area contributed by atoms with E-state index >= 15 is 0 Å². The summed E-state index contributed by atoms with van der Waals surface area (Å²) in [6.07, 6.45) is 10.0. The Labute approximate surface area is 137 Å². The van der Waals surface area contributed by atoms with Gasteiger partial charge in [0.1, 0.15) is 5.69 Å². The first-order chi connectivity index (χ1) is 11.6. The normalized spacial score (nSPS) is 15.4. The number of rotatable bonds is 4. The second-order valence-corrected chi connectivity index (χ2v) is 6.23. The topological polar surface area (TPSA) is 87.6 Å². The maximum atomic E-state index is 12.3. The summed E-state index contributed by atoms with van der Waals surface area (Å²) in [6, 6.07) is 3.61. The lowest BCUT2D eigenvalue weighted by molar-refractivity contribution is 0.495. The highest BCUT2D eigenvalue weighted by molar-refractivity contribution is 5.26. The Bertz CT molecular complexity index is 981. The van der Waals surface area contributed by atoms with Crippen LogP contribution in [0, 0.1) is 0 Å². The average molecular weight is 324 g/mol. The minimum Gasteiger partial charge on any atom is -0.304 e. The first-order valence-corrected chi connectivity index (χ1v) is 7.71. The Morgan fingerprint density at radius 2 is 1.83 bits per heavy atom. The van der Waals surface area contributed by atoms with Crippen LogP contribution in [0.2, 0.25) is 0 Å². The molecule has 4 rings (SSSR count). The van der Waals surface area contributed by atoms with Crippen LogP contribution in [-0.4, -0.2) is 29.1 Å². The average Bonchev–Trinajstić information content (AvgIpc) is 3.11. The van der Waals surface area contributed by atoms with Crippen LogP contribution in [0.1, 0.15) is 25.5 Å². The van der Waals surface area contributed by atoms with Gasteiger partial charge in [0.2, 0.25) is 0 Å². The summed E-state index contributed by atoms with van der Waals surface area (Å²) in [5.74, 6) is 0. The molecule has 1 aliphatic rings. The molecular weight excluding hydrogens is 308 g/mol. The molecule has 24 heavy (non-hydrogen) atoms. The van der Waals surface area contributed by atoms with E-state index in [-0.39, 0.29) is 12.1 Å². The van der Waals surface area contributed by atoms with E-state index in [0.29, 0.717) is 5.69 Å². The number of hydrogen-bond donors (Lipinski definition) is 0. The monoisotopic (exact) mass is 324 g/mol. The van der Waals surface area contributed by atoms with Crippen LogP contribution in [0.5, 0.6) is 0 Å². The van der Waals surface area contributed by atoms with Gasteiger partial charge in [0, 0.05) is 17.9 Å². The first-order valence-electron chi connectivity index (χ1n) is 7.71. The molecule has 3 aromatic rings. The lowest BCUT2D eigenvalue weighted by Gasteiger charge is -2.13. The zero-order valence-corrected chi connectivity index (χ0v) is 13.2. The van der Waals surface area contributed by atoms with Crippen LogP contribution in [0.25, 0.3) is 5.69 Å².